The molecule has 2 aliphatic rings. The Bertz CT molecular complexity index is 1840. The van der Waals surface area contributed by atoms with E-state index in [9.17, 15) is 0 Å². The van der Waals surface area contributed by atoms with Gasteiger partial charge in [0.2, 0.25) is 0 Å². The number of rotatable bonds is 2. The van der Waals surface area contributed by atoms with Gasteiger partial charge in [-0.15, -0.1) is 0 Å². The van der Waals surface area contributed by atoms with Gasteiger partial charge in [-0.25, -0.2) is 0 Å². The molecule has 1 atom stereocenters. The second kappa shape index (κ2) is 8.47. The van der Waals surface area contributed by atoms with E-state index >= 15 is 0 Å². The van der Waals surface area contributed by atoms with Crippen molar-refractivity contribution in [3.8, 4) is 45.3 Å². The quantitative estimate of drug-likeness (QED) is 0.235. The van der Waals surface area contributed by atoms with Crippen molar-refractivity contribution in [2.45, 2.75) is 5.41 Å². The van der Waals surface area contributed by atoms with E-state index in [0.717, 1.165) is 61.9 Å². The molecule has 0 amide bonds. The van der Waals surface area contributed by atoms with E-state index in [0.29, 0.717) is 0 Å². The Morgan fingerprint density at radius 3 is 1.64 bits per heavy atom. The van der Waals surface area contributed by atoms with Gasteiger partial charge < -0.3 is 9.47 Å². The summed E-state index contributed by atoms with van der Waals surface area (Å²) in [5.74, 6) is 3.47. The van der Waals surface area contributed by atoms with Gasteiger partial charge in [0.05, 0.1) is 5.41 Å². The summed E-state index contributed by atoms with van der Waals surface area (Å²) in [5, 5.41) is 0. The van der Waals surface area contributed by atoms with Crippen LogP contribution in [0.4, 0.5) is 0 Å². The maximum absolute atomic E-state index is 6.79. The van der Waals surface area contributed by atoms with Gasteiger partial charge >= 0.3 is 0 Å². The summed E-state index contributed by atoms with van der Waals surface area (Å²) in [6.45, 7) is 0. The lowest BCUT2D eigenvalue weighted by Crippen LogP contribution is -2.37. The molecule has 2 nitrogen and oxygen atoms in total. The van der Waals surface area contributed by atoms with Crippen LogP contribution in [0.25, 0.3) is 22.3 Å². The maximum atomic E-state index is 6.79. The first-order valence-corrected chi connectivity index (χ1v) is 13.3. The number of hydrogen-bond acceptors (Lipinski definition) is 2. The Hall–Kier alpha value is -5.08. The topological polar surface area (TPSA) is 18.5 Å². The van der Waals surface area contributed by atoms with E-state index in [1.54, 1.807) is 0 Å². The minimum Gasteiger partial charge on any atom is -0.457 e. The Morgan fingerprint density at radius 2 is 0.923 bits per heavy atom. The Balaban J connectivity index is 1.52. The van der Waals surface area contributed by atoms with E-state index in [1.165, 1.54) is 5.56 Å². The van der Waals surface area contributed by atoms with Crippen molar-refractivity contribution in [2.75, 3.05) is 0 Å². The van der Waals surface area contributed by atoms with Gasteiger partial charge in [-0.1, -0.05) is 121 Å². The standard InChI is InChI=1S/C37H24O2/c1-3-12-25(13-4-1)27-22-23-35-32(24-27)37(29-17-7-9-20-33(29)38-35)30-18-8-10-21-34(30)39-36-28(16-11-19-31(36)37)26-14-5-2-6-15-26/h1-24H. The smallest absolute Gasteiger partial charge is 0.140 e. The van der Waals surface area contributed by atoms with E-state index in [-0.39, 0.29) is 0 Å². The highest BCUT2D eigenvalue weighted by Gasteiger charge is 2.51. The summed E-state index contributed by atoms with van der Waals surface area (Å²) in [5.41, 5.74) is 8.37. The molecule has 0 aliphatic carbocycles. The number of fused-ring (bicyclic) bond motifs is 8. The summed E-state index contributed by atoms with van der Waals surface area (Å²) in [4.78, 5) is 0. The molecule has 0 N–H and O–H groups in total. The van der Waals surface area contributed by atoms with Crippen LogP contribution in [0.3, 0.4) is 0 Å². The van der Waals surface area contributed by atoms with Crippen LogP contribution in [0.5, 0.6) is 23.0 Å². The summed E-state index contributed by atoms with van der Waals surface area (Å²) >= 11 is 0. The Labute approximate surface area is 227 Å². The maximum Gasteiger partial charge on any atom is 0.140 e. The van der Waals surface area contributed by atoms with Gasteiger partial charge in [-0.05, 0) is 41.0 Å². The highest BCUT2D eigenvalue weighted by molar-refractivity contribution is 5.83. The first-order chi connectivity index (χ1) is 19.3. The van der Waals surface area contributed by atoms with E-state index in [1.807, 2.05) is 12.1 Å². The fraction of sp³-hybridized carbons (Fsp3) is 0.0270. The van der Waals surface area contributed by atoms with E-state index < -0.39 is 5.41 Å². The third kappa shape index (κ3) is 3.15. The molecule has 0 bridgehead atoms. The molecule has 2 heterocycles. The monoisotopic (exact) mass is 500 g/mol. The van der Waals surface area contributed by atoms with Crippen LogP contribution >= 0.6 is 0 Å². The van der Waals surface area contributed by atoms with Crippen LogP contribution < -0.4 is 9.47 Å². The molecule has 1 spiro atoms. The number of hydrogen-bond donors (Lipinski definition) is 0. The molecule has 0 saturated carbocycles. The van der Waals surface area contributed by atoms with Gasteiger partial charge in [-0.3, -0.25) is 0 Å². The lowest BCUT2D eigenvalue weighted by Gasteiger charge is -2.45. The Kier molecular flexibility index (Phi) is 4.77. The predicted molar refractivity (Wildman–Crippen MR) is 156 cm³/mol. The molecule has 1 unspecified atom stereocenters. The molecule has 6 aromatic carbocycles. The summed E-state index contributed by atoms with van der Waals surface area (Å²) in [6.07, 6.45) is 0. The average Bonchev–Trinajstić information content (AvgIpc) is 3.01. The summed E-state index contributed by atoms with van der Waals surface area (Å²) < 4.78 is 13.4. The molecule has 39 heavy (non-hydrogen) atoms. The first kappa shape index (κ1) is 22.0. The second-order valence-electron chi connectivity index (χ2n) is 10.1. The largest absolute Gasteiger partial charge is 0.457 e. The molecule has 6 aromatic rings. The molecule has 184 valence electrons. The first-order valence-electron chi connectivity index (χ1n) is 13.3. The third-order valence-electron chi connectivity index (χ3n) is 8.01. The lowest BCUT2D eigenvalue weighted by atomic mass is 9.61. The van der Waals surface area contributed by atoms with Gasteiger partial charge in [0.15, 0.2) is 0 Å². The van der Waals surface area contributed by atoms with Crippen LogP contribution in [0.2, 0.25) is 0 Å². The highest BCUT2D eigenvalue weighted by Crippen LogP contribution is 2.62. The van der Waals surface area contributed by atoms with Crippen LogP contribution in [0, 0.1) is 0 Å². The highest BCUT2D eigenvalue weighted by atomic mass is 16.5. The predicted octanol–water partition coefficient (Wildman–Crippen LogP) is 9.61. The zero-order chi connectivity index (χ0) is 25.8. The average molecular weight is 501 g/mol. The third-order valence-corrected chi connectivity index (χ3v) is 8.01. The molecule has 0 aromatic heterocycles. The zero-order valence-corrected chi connectivity index (χ0v) is 21.2. The van der Waals surface area contributed by atoms with Gasteiger partial charge in [0.25, 0.3) is 0 Å². The van der Waals surface area contributed by atoms with Crippen molar-refractivity contribution in [1.29, 1.82) is 0 Å². The lowest BCUT2D eigenvalue weighted by molar-refractivity contribution is 0.400. The normalized spacial score (nSPS) is 16.2. The van der Waals surface area contributed by atoms with E-state index in [2.05, 4.69) is 133 Å². The second-order valence-corrected chi connectivity index (χ2v) is 10.1. The van der Waals surface area contributed by atoms with Crippen molar-refractivity contribution in [3.63, 3.8) is 0 Å². The van der Waals surface area contributed by atoms with Crippen molar-refractivity contribution >= 4 is 0 Å². The molecule has 2 aliphatic heterocycles. The minimum absolute atomic E-state index is 0.621. The van der Waals surface area contributed by atoms with E-state index in [4.69, 9.17) is 9.47 Å². The fourth-order valence-corrected chi connectivity index (χ4v) is 6.34. The van der Waals surface area contributed by atoms with Crippen molar-refractivity contribution in [1.82, 2.24) is 0 Å². The van der Waals surface area contributed by atoms with Crippen LogP contribution in [0.15, 0.2) is 146 Å². The van der Waals surface area contributed by atoms with Gasteiger partial charge in [-0.2, -0.15) is 0 Å². The van der Waals surface area contributed by atoms with Crippen LogP contribution in [0.1, 0.15) is 22.3 Å². The summed E-state index contributed by atoms with van der Waals surface area (Å²) in [7, 11) is 0. The molecule has 8 rings (SSSR count). The molecule has 0 fully saturated rings. The van der Waals surface area contributed by atoms with Gasteiger partial charge in [0, 0.05) is 27.8 Å². The van der Waals surface area contributed by atoms with Crippen molar-refractivity contribution < 1.29 is 9.47 Å². The minimum atomic E-state index is -0.621. The Morgan fingerprint density at radius 1 is 0.359 bits per heavy atom. The molecule has 0 radical (unpaired) electrons. The zero-order valence-electron chi connectivity index (χ0n) is 21.2. The number of ether oxygens (including phenoxy) is 2. The molecule has 0 saturated heterocycles. The molecular weight excluding hydrogens is 476 g/mol. The van der Waals surface area contributed by atoms with Crippen molar-refractivity contribution in [3.05, 3.63) is 168 Å². The molecular formula is C37H24O2. The number of benzene rings is 6. The van der Waals surface area contributed by atoms with Gasteiger partial charge in [0.1, 0.15) is 23.0 Å². The molecule has 2 heteroatoms. The fourth-order valence-electron chi connectivity index (χ4n) is 6.34. The SMILES string of the molecule is c1ccc(-c2ccc3c(c2)C2(c4ccccc4O3)c3ccccc3Oc3c(-c4ccccc4)cccc32)cc1. The van der Waals surface area contributed by atoms with Crippen LogP contribution in [-0.4, -0.2) is 0 Å². The van der Waals surface area contributed by atoms with Crippen LogP contribution in [-0.2, 0) is 5.41 Å². The number of para-hydroxylation sites is 3. The van der Waals surface area contributed by atoms with Crippen molar-refractivity contribution in [2.24, 2.45) is 0 Å². The summed E-state index contributed by atoms with van der Waals surface area (Å²) in [6, 6.07) is 51.0.